The van der Waals surface area contributed by atoms with Gasteiger partial charge in [-0.25, -0.2) is 9.59 Å². The molecule has 136 valence electrons. The van der Waals surface area contributed by atoms with Crippen molar-refractivity contribution in [3.63, 3.8) is 0 Å². The van der Waals surface area contributed by atoms with Crippen LogP contribution < -0.4 is 0 Å². The Morgan fingerprint density at radius 3 is 1.50 bits per heavy atom. The summed E-state index contributed by atoms with van der Waals surface area (Å²) in [5, 5.41) is 0. The highest BCUT2D eigenvalue weighted by Gasteiger charge is 2.16. The third-order valence-electron chi connectivity index (χ3n) is 3.38. The molecule has 0 aliphatic carbocycles. The Kier molecular flexibility index (Phi) is 7.74. The number of rotatable bonds is 8. The van der Waals surface area contributed by atoms with Gasteiger partial charge in [0.05, 0.1) is 11.1 Å². The minimum atomic E-state index is -0.581. The predicted octanol–water partition coefficient (Wildman–Crippen LogP) is 3.71. The first-order valence-electron chi connectivity index (χ1n) is 7.68. The summed E-state index contributed by atoms with van der Waals surface area (Å²) < 4.78 is 10.0. The quantitative estimate of drug-likeness (QED) is 0.503. The van der Waals surface area contributed by atoms with Crippen LogP contribution in [0, 0.1) is 0 Å². The molecule has 0 atom stereocenters. The van der Waals surface area contributed by atoms with Crippen LogP contribution in [0.3, 0.4) is 0 Å². The van der Waals surface area contributed by atoms with Gasteiger partial charge in [0.25, 0.3) is 0 Å². The number of hydrogen-bond donors (Lipinski definition) is 0. The van der Waals surface area contributed by atoms with E-state index in [1.54, 1.807) is 36.4 Å². The zero-order chi connectivity index (χ0) is 18.9. The van der Waals surface area contributed by atoms with E-state index in [1.165, 1.54) is 23.5 Å². The average molecular weight is 390 g/mol. The highest BCUT2D eigenvalue weighted by molar-refractivity contribution is 7.99. The number of hydrogen-bond acceptors (Lipinski definition) is 7. The van der Waals surface area contributed by atoms with Gasteiger partial charge in [0, 0.05) is 9.79 Å². The van der Waals surface area contributed by atoms with Crippen molar-refractivity contribution in [3.05, 3.63) is 59.7 Å². The van der Waals surface area contributed by atoms with Crippen LogP contribution in [0.4, 0.5) is 0 Å². The fraction of sp³-hybridized carbons (Fsp3) is 0.211. The molecular weight excluding hydrogens is 372 g/mol. The molecule has 0 aromatic heterocycles. The Hall–Kier alpha value is -2.25. The molecule has 0 aliphatic heterocycles. The van der Waals surface area contributed by atoms with Gasteiger partial charge >= 0.3 is 11.9 Å². The number of thioether (sulfide) groups is 2. The summed E-state index contributed by atoms with van der Waals surface area (Å²) in [7, 11) is 0. The lowest BCUT2D eigenvalue weighted by molar-refractivity contribution is -0.125. The second-order valence-electron chi connectivity index (χ2n) is 5.09. The molecule has 2 aromatic rings. The van der Waals surface area contributed by atoms with Crippen molar-refractivity contribution in [1.29, 1.82) is 0 Å². The Balaban J connectivity index is 1.85. The van der Waals surface area contributed by atoms with Crippen LogP contribution in [0.2, 0.25) is 0 Å². The number of carbonyl (C=O) groups excluding carboxylic acids is 3. The monoisotopic (exact) mass is 390 g/mol. The van der Waals surface area contributed by atoms with Crippen molar-refractivity contribution in [2.75, 3.05) is 25.7 Å². The fourth-order valence-corrected chi connectivity index (χ4v) is 3.29. The van der Waals surface area contributed by atoms with Crippen LogP contribution in [0.1, 0.15) is 20.7 Å². The Morgan fingerprint density at radius 2 is 1.12 bits per heavy atom. The van der Waals surface area contributed by atoms with Crippen molar-refractivity contribution in [2.24, 2.45) is 0 Å². The topological polar surface area (TPSA) is 69.7 Å². The van der Waals surface area contributed by atoms with Gasteiger partial charge in [0.2, 0.25) is 5.78 Å². The van der Waals surface area contributed by atoms with Gasteiger partial charge in [-0.1, -0.05) is 24.3 Å². The summed E-state index contributed by atoms with van der Waals surface area (Å²) >= 11 is 2.83. The fourth-order valence-electron chi connectivity index (χ4n) is 2.12. The van der Waals surface area contributed by atoms with Crippen LogP contribution in [0.5, 0.6) is 0 Å². The molecular formula is C19H18O5S2. The summed E-state index contributed by atoms with van der Waals surface area (Å²) in [4.78, 5) is 37.5. The molecule has 2 aromatic carbocycles. The number of esters is 2. The van der Waals surface area contributed by atoms with Gasteiger partial charge in [-0.15, -0.1) is 23.5 Å². The third-order valence-corrected chi connectivity index (χ3v) is 4.97. The van der Waals surface area contributed by atoms with E-state index in [-0.39, 0.29) is 0 Å². The molecule has 5 nitrogen and oxygen atoms in total. The normalized spacial score (nSPS) is 10.2. The summed E-state index contributed by atoms with van der Waals surface area (Å²) in [6.07, 6.45) is 3.70. The van der Waals surface area contributed by atoms with Crippen LogP contribution in [0.25, 0.3) is 0 Å². The molecule has 0 bridgehead atoms. The molecule has 0 aliphatic rings. The highest BCUT2D eigenvalue weighted by Crippen LogP contribution is 2.21. The Morgan fingerprint density at radius 1 is 0.731 bits per heavy atom. The smallest absolute Gasteiger partial charge is 0.339 e. The molecule has 0 heterocycles. The molecule has 0 saturated carbocycles. The molecule has 26 heavy (non-hydrogen) atoms. The number of ether oxygens (including phenoxy) is 2. The Bertz CT molecular complexity index is 739. The van der Waals surface area contributed by atoms with Crippen molar-refractivity contribution in [1.82, 2.24) is 0 Å². The standard InChI is InChI=1S/C19H18O5S2/c1-25-16-9-5-3-7-14(16)18(21)23-11-13(20)12-24-19(22)15-8-4-6-10-17(15)26-2/h3-10H,11-12H2,1-2H3. The number of carbonyl (C=O) groups is 3. The van der Waals surface area contributed by atoms with Gasteiger partial charge in [-0.05, 0) is 36.8 Å². The van der Waals surface area contributed by atoms with Crippen LogP contribution >= 0.6 is 23.5 Å². The van der Waals surface area contributed by atoms with E-state index in [0.29, 0.717) is 11.1 Å². The molecule has 2 rings (SSSR count). The summed E-state index contributed by atoms with van der Waals surface area (Å²) in [6, 6.07) is 14.0. The first-order chi connectivity index (χ1) is 12.6. The van der Waals surface area contributed by atoms with E-state index in [9.17, 15) is 14.4 Å². The lowest BCUT2D eigenvalue weighted by Crippen LogP contribution is -2.21. The van der Waals surface area contributed by atoms with E-state index < -0.39 is 30.9 Å². The number of Topliss-reactive ketones (excluding diaryl/α,β-unsaturated/α-hetero) is 1. The van der Waals surface area contributed by atoms with E-state index >= 15 is 0 Å². The molecule has 0 fully saturated rings. The van der Waals surface area contributed by atoms with Crippen LogP contribution in [-0.4, -0.2) is 43.4 Å². The maximum atomic E-state index is 12.1. The van der Waals surface area contributed by atoms with Crippen molar-refractivity contribution >= 4 is 41.2 Å². The minimum Gasteiger partial charge on any atom is -0.454 e. The summed E-state index contributed by atoms with van der Waals surface area (Å²) in [5.74, 6) is -1.65. The third kappa shape index (κ3) is 5.37. The first kappa shape index (κ1) is 20.1. The zero-order valence-corrected chi connectivity index (χ0v) is 16.0. The maximum absolute atomic E-state index is 12.1. The SMILES string of the molecule is CSc1ccccc1C(=O)OCC(=O)COC(=O)c1ccccc1SC. The predicted molar refractivity (Wildman–Crippen MR) is 102 cm³/mol. The Labute approximate surface area is 160 Å². The van der Waals surface area contributed by atoms with E-state index in [1.807, 2.05) is 24.6 Å². The molecule has 0 spiro atoms. The van der Waals surface area contributed by atoms with Gasteiger partial charge in [-0.3, -0.25) is 4.79 Å². The van der Waals surface area contributed by atoms with Crippen LogP contribution in [-0.2, 0) is 14.3 Å². The lowest BCUT2D eigenvalue weighted by atomic mass is 10.2. The van der Waals surface area contributed by atoms with E-state index in [0.717, 1.165) is 9.79 Å². The van der Waals surface area contributed by atoms with Crippen LogP contribution in [0.15, 0.2) is 58.3 Å². The minimum absolute atomic E-state index is 0.402. The molecule has 0 saturated heterocycles. The largest absolute Gasteiger partial charge is 0.454 e. The van der Waals surface area contributed by atoms with Crippen molar-refractivity contribution in [3.8, 4) is 0 Å². The number of benzene rings is 2. The molecule has 7 heteroatoms. The summed E-state index contributed by atoms with van der Waals surface area (Å²) in [5.41, 5.74) is 0.803. The average Bonchev–Trinajstić information content (AvgIpc) is 2.69. The second-order valence-corrected chi connectivity index (χ2v) is 6.79. The maximum Gasteiger partial charge on any atom is 0.339 e. The zero-order valence-electron chi connectivity index (χ0n) is 14.4. The van der Waals surface area contributed by atoms with Gasteiger partial charge < -0.3 is 9.47 Å². The van der Waals surface area contributed by atoms with Crippen molar-refractivity contribution in [2.45, 2.75) is 9.79 Å². The first-order valence-corrected chi connectivity index (χ1v) is 10.1. The van der Waals surface area contributed by atoms with E-state index in [4.69, 9.17) is 9.47 Å². The summed E-state index contributed by atoms with van der Waals surface area (Å²) in [6.45, 7) is -0.891. The molecule has 0 N–H and O–H groups in total. The van der Waals surface area contributed by atoms with Crippen molar-refractivity contribution < 1.29 is 23.9 Å². The van der Waals surface area contributed by atoms with Gasteiger partial charge in [0.1, 0.15) is 0 Å². The lowest BCUT2D eigenvalue weighted by Gasteiger charge is -2.09. The highest BCUT2D eigenvalue weighted by atomic mass is 32.2. The molecule has 0 unspecified atom stereocenters. The molecule has 0 amide bonds. The van der Waals surface area contributed by atoms with Gasteiger partial charge in [-0.2, -0.15) is 0 Å². The molecule has 0 radical (unpaired) electrons. The second kappa shape index (κ2) is 10.0. The van der Waals surface area contributed by atoms with E-state index in [2.05, 4.69) is 0 Å². The number of ketones is 1. The van der Waals surface area contributed by atoms with Gasteiger partial charge in [0.15, 0.2) is 13.2 Å².